The van der Waals surface area contributed by atoms with Crippen LogP contribution in [0.25, 0.3) is 22.0 Å². The van der Waals surface area contributed by atoms with E-state index in [1.165, 1.54) is 30.9 Å². The van der Waals surface area contributed by atoms with Gasteiger partial charge in [0.15, 0.2) is 28.3 Å². The van der Waals surface area contributed by atoms with Gasteiger partial charge in [0.05, 0.1) is 10.5 Å². The van der Waals surface area contributed by atoms with E-state index in [0.717, 1.165) is 10.9 Å². The van der Waals surface area contributed by atoms with Crippen molar-refractivity contribution in [3.63, 3.8) is 0 Å². The smallest absolute Gasteiger partial charge is 0.211 e. The van der Waals surface area contributed by atoms with Crippen molar-refractivity contribution in [2.75, 3.05) is 17.3 Å². The van der Waals surface area contributed by atoms with E-state index in [2.05, 4.69) is 15.3 Å². The van der Waals surface area contributed by atoms with Crippen LogP contribution in [0.2, 0.25) is 5.02 Å². The number of ether oxygens (including phenoxy) is 1. The van der Waals surface area contributed by atoms with E-state index in [4.69, 9.17) is 16.3 Å². The van der Waals surface area contributed by atoms with E-state index < -0.39 is 9.84 Å². The van der Waals surface area contributed by atoms with Crippen molar-refractivity contribution in [2.45, 2.75) is 13.2 Å². The van der Waals surface area contributed by atoms with Gasteiger partial charge in [-0.3, -0.25) is 0 Å². The van der Waals surface area contributed by atoms with Crippen LogP contribution in [-0.2, 0) is 23.0 Å². The minimum Gasteiger partial charge on any atom is -0.503 e. The minimum atomic E-state index is -3.16. The summed E-state index contributed by atoms with van der Waals surface area (Å²) in [5, 5.41) is 14.6. The van der Waals surface area contributed by atoms with Gasteiger partial charge in [0, 0.05) is 22.9 Å². The molecule has 2 N–H and O–H groups in total. The normalized spacial score (nSPS) is 11.5. The lowest BCUT2D eigenvalue weighted by Crippen LogP contribution is -2.36. The number of fused-ring (bicyclic) bond motifs is 1. The Kier molecular flexibility index (Phi) is 7.81. The summed E-state index contributed by atoms with van der Waals surface area (Å²) < 4.78 is 44.0. The van der Waals surface area contributed by atoms with Crippen molar-refractivity contribution < 1.29 is 27.2 Å². The summed E-state index contributed by atoms with van der Waals surface area (Å²) in [5.74, 6) is 0.642. The van der Waals surface area contributed by atoms with Gasteiger partial charge in [0.1, 0.15) is 36.1 Å². The molecule has 0 saturated heterocycles. The highest BCUT2D eigenvalue weighted by Gasteiger charge is 2.14. The average Bonchev–Trinajstić information content (AvgIpc) is 2.91. The molecule has 5 rings (SSSR count). The van der Waals surface area contributed by atoms with E-state index in [-0.39, 0.29) is 30.5 Å². The molecule has 204 valence electrons. The van der Waals surface area contributed by atoms with Gasteiger partial charge in [0.2, 0.25) is 6.20 Å². The average molecular weight is 580 g/mol. The van der Waals surface area contributed by atoms with Gasteiger partial charge >= 0.3 is 0 Å². The summed E-state index contributed by atoms with van der Waals surface area (Å²) in [6, 6.07) is 18.6. The number of benzene rings is 3. The highest BCUT2D eigenvalue weighted by Crippen LogP contribution is 2.32. The molecule has 0 aliphatic carbocycles. The van der Waals surface area contributed by atoms with Gasteiger partial charge in [-0.2, -0.15) is 0 Å². The zero-order valence-corrected chi connectivity index (χ0v) is 23.0. The highest BCUT2D eigenvalue weighted by atomic mass is 35.5. The molecule has 0 aliphatic rings. The van der Waals surface area contributed by atoms with Gasteiger partial charge in [-0.1, -0.05) is 29.8 Å². The number of hydrogen-bond acceptors (Lipinski definition) is 7. The quantitative estimate of drug-likeness (QED) is 0.224. The second-order valence-electron chi connectivity index (χ2n) is 9.29. The Balaban J connectivity index is 1.39. The Morgan fingerprint density at radius 2 is 1.88 bits per heavy atom. The number of aromatic hydroxyl groups is 1. The van der Waals surface area contributed by atoms with E-state index >= 15 is 0 Å². The zero-order valence-electron chi connectivity index (χ0n) is 21.4. The first kappa shape index (κ1) is 27.3. The van der Waals surface area contributed by atoms with Crippen molar-refractivity contribution >= 4 is 43.8 Å². The summed E-state index contributed by atoms with van der Waals surface area (Å²) in [5.41, 5.74) is 3.55. The lowest BCUT2D eigenvalue weighted by Gasteiger charge is -2.12. The first-order valence-electron chi connectivity index (χ1n) is 12.2. The lowest BCUT2D eigenvalue weighted by atomic mass is 10.0. The highest BCUT2D eigenvalue weighted by molar-refractivity contribution is 7.90. The molecule has 8 nitrogen and oxygen atoms in total. The fraction of sp³-hybridized carbons (Fsp3) is 0.138. The first-order chi connectivity index (χ1) is 19.1. The molecule has 0 radical (unpaired) electrons. The van der Waals surface area contributed by atoms with Crippen molar-refractivity contribution in [3.05, 3.63) is 102 Å². The maximum atomic E-state index is 13.4. The molecule has 0 saturated carbocycles. The summed E-state index contributed by atoms with van der Waals surface area (Å²) in [6.07, 6.45) is 5.90. The molecule has 40 heavy (non-hydrogen) atoms. The van der Waals surface area contributed by atoms with Gasteiger partial charge in [-0.15, -0.1) is 0 Å². The minimum absolute atomic E-state index is 0.0168. The Morgan fingerprint density at radius 3 is 2.65 bits per heavy atom. The predicted molar refractivity (Wildman–Crippen MR) is 152 cm³/mol. The number of aromatic nitrogens is 3. The number of nitrogens with zero attached hydrogens (tertiary/aromatic N) is 3. The van der Waals surface area contributed by atoms with Crippen LogP contribution in [0.3, 0.4) is 0 Å². The summed E-state index contributed by atoms with van der Waals surface area (Å²) in [7, 11) is -3.16. The largest absolute Gasteiger partial charge is 0.503 e. The molecule has 0 fully saturated rings. The van der Waals surface area contributed by atoms with Crippen LogP contribution in [0.1, 0.15) is 5.56 Å². The van der Waals surface area contributed by atoms with Gasteiger partial charge < -0.3 is 15.2 Å². The number of nitrogens with one attached hydrogen (secondary N) is 1. The SMILES string of the molecule is CS(=O)(=O)CC[n+]1cc(O)cc(-c2ccc3ncnc(Nc4ccc(OCc5cccc(F)c5)c(Cl)c4)c3c2)c1. The number of pyridine rings is 1. The van der Waals surface area contributed by atoms with Crippen LogP contribution in [0, 0.1) is 5.82 Å². The maximum absolute atomic E-state index is 13.4. The number of halogens is 2. The molecule has 0 bridgehead atoms. The summed E-state index contributed by atoms with van der Waals surface area (Å²) >= 11 is 6.46. The molecule has 0 spiro atoms. The Labute approximate surface area is 235 Å². The fourth-order valence-electron chi connectivity index (χ4n) is 4.13. The third kappa shape index (κ3) is 6.83. The number of aryl methyl sites for hydroxylation is 1. The van der Waals surface area contributed by atoms with Crippen LogP contribution in [0.4, 0.5) is 15.9 Å². The fourth-order valence-corrected chi connectivity index (χ4v) is 4.91. The lowest BCUT2D eigenvalue weighted by molar-refractivity contribution is -0.692. The number of rotatable bonds is 9. The van der Waals surface area contributed by atoms with E-state index in [1.54, 1.807) is 47.2 Å². The second-order valence-corrected chi connectivity index (χ2v) is 12.0. The molecule has 11 heteroatoms. The van der Waals surface area contributed by atoms with Crippen LogP contribution >= 0.6 is 11.6 Å². The molecule has 0 unspecified atom stereocenters. The molecule has 5 aromatic rings. The molecule has 2 aromatic heterocycles. The summed E-state index contributed by atoms with van der Waals surface area (Å²) in [6.45, 7) is 0.388. The zero-order chi connectivity index (χ0) is 28.3. The molecule has 0 amide bonds. The van der Waals surface area contributed by atoms with Crippen LogP contribution < -0.4 is 14.6 Å². The van der Waals surface area contributed by atoms with Crippen molar-refractivity contribution in [1.82, 2.24) is 9.97 Å². The van der Waals surface area contributed by atoms with Gasteiger partial charge in [-0.05, 0) is 59.7 Å². The van der Waals surface area contributed by atoms with E-state index in [0.29, 0.717) is 38.9 Å². The van der Waals surface area contributed by atoms with Gasteiger partial charge in [-0.25, -0.2) is 27.3 Å². The molecular formula is C29H25ClFN4O4S+. The standard InChI is InChI=1S/C29H24ClFN4O4S/c1-40(37,38)10-9-35-15-21(12-24(36)16-35)20-5-7-27-25(13-20)29(33-18-32-27)34-23-6-8-28(26(30)14-23)39-17-19-3-2-4-22(31)11-19/h2-8,11-16,18H,9-10,17H2,1H3,(H-,32,33,34,36)/p+1. The number of sulfone groups is 1. The molecule has 0 aliphatic heterocycles. The first-order valence-corrected chi connectivity index (χ1v) is 14.7. The Bertz CT molecular complexity index is 1820. The van der Waals surface area contributed by atoms with Crippen LogP contribution in [0.15, 0.2) is 85.5 Å². The Morgan fingerprint density at radius 1 is 1.02 bits per heavy atom. The Hall–Kier alpha value is -4.28. The van der Waals surface area contributed by atoms with Crippen molar-refractivity contribution in [1.29, 1.82) is 0 Å². The van der Waals surface area contributed by atoms with Crippen LogP contribution in [0.5, 0.6) is 11.5 Å². The second kappa shape index (κ2) is 11.4. The van der Waals surface area contributed by atoms with Gasteiger partial charge in [0.25, 0.3) is 0 Å². The summed E-state index contributed by atoms with van der Waals surface area (Å²) in [4.78, 5) is 8.77. The van der Waals surface area contributed by atoms with Crippen molar-refractivity contribution in [2.24, 2.45) is 0 Å². The van der Waals surface area contributed by atoms with E-state index in [1.807, 2.05) is 18.2 Å². The van der Waals surface area contributed by atoms with Crippen LogP contribution in [-0.4, -0.2) is 35.5 Å². The number of hydrogen-bond donors (Lipinski definition) is 2. The number of anilines is 2. The monoisotopic (exact) mass is 579 g/mol. The maximum Gasteiger partial charge on any atom is 0.211 e. The molecule has 0 atom stereocenters. The third-order valence-corrected chi connectivity index (χ3v) is 7.29. The molecular weight excluding hydrogens is 555 g/mol. The third-order valence-electron chi connectivity index (χ3n) is 6.07. The van der Waals surface area contributed by atoms with Crippen molar-refractivity contribution in [3.8, 4) is 22.6 Å². The van der Waals surface area contributed by atoms with E-state index in [9.17, 15) is 17.9 Å². The topological polar surface area (TPSA) is 105 Å². The predicted octanol–water partition coefficient (Wildman–Crippen LogP) is 5.45. The molecule has 3 aromatic carbocycles. The molecule has 2 heterocycles.